The van der Waals surface area contributed by atoms with E-state index in [4.69, 9.17) is 11.1 Å². The van der Waals surface area contributed by atoms with Gasteiger partial charge in [-0.2, -0.15) is 4.31 Å². The Morgan fingerprint density at radius 3 is 2.42 bits per heavy atom. The summed E-state index contributed by atoms with van der Waals surface area (Å²) >= 11 is 0. The summed E-state index contributed by atoms with van der Waals surface area (Å²) in [4.78, 5) is 0.280. The predicted octanol–water partition coefficient (Wildman–Crippen LogP) is 1.64. The van der Waals surface area contributed by atoms with Gasteiger partial charge in [0.25, 0.3) is 0 Å². The second-order valence-corrected chi connectivity index (χ2v) is 6.80. The van der Waals surface area contributed by atoms with Crippen molar-refractivity contribution in [2.24, 2.45) is 5.73 Å². The summed E-state index contributed by atoms with van der Waals surface area (Å²) in [5, 5.41) is 7.33. The van der Waals surface area contributed by atoms with E-state index < -0.39 is 10.0 Å². The third-order valence-electron chi connectivity index (χ3n) is 2.83. The molecule has 6 heteroatoms. The molecule has 1 aromatic carbocycles. The molecule has 0 radical (unpaired) electrons. The van der Waals surface area contributed by atoms with Crippen LogP contribution in [-0.2, 0) is 10.0 Å². The van der Waals surface area contributed by atoms with Crippen LogP contribution < -0.4 is 5.73 Å². The molecular formula is C13H21N3O2S. The molecule has 3 N–H and O–H groups in total. The van der Waals surface area contributed by atoms with Gasteiger partial charge in [-0.15, -0.1) is 0 Å². The van der Waals surface area contributed by atoms with Gasteiger partial charge in [-0.1, -0.05) is 12.1 Å². The van der Waals surface area contributed by atoms with Crippen LogP contribution in [-0.4, -0.2) is 31.1 Å². The number of benzene rings is 1. The van der Waals surface area contributed by atoms with Crippen molar-refractivity contribution in [1.29, 1.82) is 5.41 Å². The summed E-state index contributed by atoms with van der Waals surface area (Å²) in [5.74, 6) is -0.164. The molecule has 0 heterocycles. The fourth-order valence-corrected chi connectivity index (χ4v) is 3.75. The maximum Gasteiger partial charge on any atom is 0.243 e. The lowest BCUT2D eigenvalue weighted by atomic mass is 10.2. The van der Waals surface area contributed by atoms with Gasteiger partial charge in [-0.3, -0.25) is 5.41 Å². The van der Waals surface area contributed by atoms with Crippen molar-refractivity contribution in [2.75, 3.05) is 6.54 Å². The molecule has 5 nitrogen and oxygen atoms in total. The van der Waals surface area contributed by atoms with Crippen molar-refractivity contribution in [1.82, 2.24) is 4.31 Å². The highest BCUT2D eigenvalue weighted by Crippen LogP contribution is 2.22. The smallest absolute Gasteiger partial charge is 0.243 e. The van der Waals surface area contributed by atoms with Crippen molar-refractivity contribution >= 4 is 15.9 Å². The summed E-state index contributed by atoms with van der Waals surface area (Å²) in [7, 11) is -3.64. The average molecular weight is 283 g/mol. The molecule has 0 aliphatic carbocycles. The maximum absolute atomic E-state index is 12.7. The van der Waals surface area contributed by atoms with Gasteiger partial charge in [0.05, 0.1) is 11.4 Å². The lowest BCUT2D eigenvalue weighted by molar-refractivity contribution is 0.389. The van der Waals surface area contributed by atoms with Crippen LogP contribution in [0.5, 0.6) is 0 Å². The van der Waals surface area contributed by atoms with Crippen LogP contribution >= 0.6 is 0 Å². The number of nitrogens with two attached hydrogens (primary N) is 1. The van der Waals surface area contributed by atoms with E-state index in [0.29, 0.717) is 5.56 Å². The molecule has 19 heavy (non-hydrogen) atoms. The highest BCUT2D eigenvalue weighted by molar-refractivity contribution is 7.89. The molecule has 0 spiro atoms. The highest BCUT2D eigenvalue weighted by Gasteiger charge is 2.28. The third kappa shape index (κ3) is 3.54. The average Bonchev–Trinajstić information content (AvgIpc) is 2.28. The second kappa shape index (κ2) is 5.71. The van der Waals surface area contributed by atoms with Crippen LogP contribution in [0.1, 0.15) is 25.0 Å². The molecule has 0 saturated carbocycles. The first kappa shape index (κ1) is 15.7. The quantitative estimate of drug-likeness (QED) is 0.636. The second-order valence-electron chi connectivity index (χ2n) is 4.94. The first-order chi connectivity index (χ1) is 8.66. The maximum atomic E-state index is 12.7. The Morgan fingerprint density at radius 1 is 1.37 bits per heavy atom. The van der Waals surface area contributed by atoms with Gasteiger partial charge in [0.15, 0.2) is 0 Å². The van der Waals surface area contributed by atoms with Crippen LogP contribution in [0, 0.1) is 19.3 Å². The third-order valence-corrected chi connectivity index (χ3v) is 5.00. The van der Waals surface area contributed by atoms with Crippen molar-refractivity contribution in [3.05, 3.63) is 29.3 Å². The predicted molar refractivity (Wildman–Crippen MR) is 76.9 cm³/mol. The molecule has 0 aromatic heterocycles. The molecule has 106 valence electrons. The first-order valence-corrected chi connectivity index (χ1v) is 7.52. The van der Waals surface area contributed by atoms with Crippen LogP contribution in [0.3, 0.4) is 0 Å². The van der Waals surface area contributed by atoms with Gasteiger partial charge in [-0.05, 0) is 44.9 Å². The minimum absolute atomic E-state index is 0.0899. The molecule has 0 fully saturated rings. The highest BCUT2D eigenvalue weighted by atomic mass is 32.2. The number of hydrogen-bond donors (Lipinski definition) is 2. The molecule has 0 aliphatic heterocycles. The minimum atomic E-state index is -3.64. The van der Waals surface area contributed by atoms with Gasteiger partial charge in [0.1, 0.15) is 5.84 Å². The largest absolute Gasteiger partial charge is 0.387 e. The molecule has 1 rings (SSSR count). The Labute approximate surface area is 115 Å². The molecular weight excluding hydrogens is 262 g/mol. The number of sulfonamides is 1. The molecule has 0 saturated heterocycles. The molecule has 0 amide bonds. The van der Waals surface area contributed by atoms with Gasteiger partial charge in [-0.25, -0.2) is 8.42 Å². The van der Waals surface area contributed by atoms with E-state index in [9.17, 15) is 8.42 Å². The number of nitrogens with one attached hydrogen (secondary N) is 1. The van der Waals surface area contributed by atoms with E-state index in [1.54, 1.807) is 32.9 Å². The van der Waals surface area contributed by atoms with Crippen LogP contribution in [0.25, 0.3) is 0 Å². The zero-order valence-corrected chi connectivity index (χ0v) is 12.6. The van der Waals surface area contributed by atoms with E-state index in [0.717, 1.165) is 5.56 Å². The monoisotopic (exact) mass is 283 g/mol. The van der Waals surface area contributed by atoms with Gasteiger partial charge in [0.2, 0.25) is 10.0 Å². The fraction of sp³-hybridized carbons (Fsp3) is 0.462. The van der Waals surface area contributed by atoms with E-state index >= 15 is 0 Å². The molecule has 0 unspecified atom stereocenters. The standard InChI is InChI=1S/C13H21N3O2S/c1-9(2)16(8-13(14)15)19(17,18)12-7-10(3)5-6-11(12)4/h5-7,9H,8H2,1-4H3,(H3,14,15). The topological polar surface area (TPSA) is 87.2 Å². The molecule has 0 atom stereocenters. The van der Waals surface area contributed by atoms with Crippen molar-refractivity contribution < 1.29 is 8.42 Å². The fourth-order valence-electron chi connectivity index (χ4n) is 1.82. The van der Waals surface area contributed by atoms with Crippen LogP contribution in [0.2, 0.25) is 0 Å². The Hall–Kier alpha value is -1.40. The lowest BCUT2D eigenvalue weighted by Crippen LogP contribution is -2.42. The van der Waals surface area contributed by atoms with Gasteiger partial charge >= 0.3 is 0 Å². The molecule has 0 aliphatic rings. The zero-order valence-electron chi connectivity index (χ0n) is 11.8. The van der Waals surface area contributed by atoms with Crippen molar-refractivity contribution in [2.45, 2.75) is 38.6 Å². The molecule has 1 aromatic rings. The Morgan fingerprint density at radius 2 is 1.95 bits per heavy atom. The Balaban J connectivity index is 3.34. The number of rotatable bonds is 5. The summed E-state index contributed by atoms with van der Waals surface area (Å²) in [6, 6.07) is 5.06. The van der Waals surface area contributed by atoms with Gasteiger partial charge in [0, 0.05) is 6.04 Å². The van der Waals surface area contributed by atoms with Crippen molar-refractivity contribution in [3.63, 3.8) is 0 Å². The summed E-state index contributed by atoms with van der Waals surface area (Å²) in [6.45, 7) is 7.06. The van der Waals surface area contributed by atoms with Crippen molar-refractivity contribution in [3.8, 4) is 0 Å². The summed E-state index contributed by atoms with van der Waals surface area (Å²) in [6.07, 6.45) is 0. The van der Waals surface area contributed by atoms with E-state index in [2.05, 4.69) is 0 Å². The number of amidine groups is 1. The number of hydrogen-bond acceptors (Lipinski definition) is 3. The minimum Gasteiger partial charge on any atom is -0.387 e. The lowest BCUT2D eigenvalue weighted by Gasteiger charge is -2.26. The Bertz CT molecular complexity index is 580. The summed E-state index contributed by atoms with van der Waals surface area (Å²) in [5.41, 5.74) is 6.93. The zero-order chi connectivity index (χ0) is 14.8. The summed E-state index contributed by atoms with van der Waals surface area (Å²) < 4.78 is 26.6. The van der Waals surface area contributed by atoms with Crippen LogP contribution in [0.15, 0.2) is 23.1 Å². The van der Waals surface area contributed by atoms with E-state index in [-0.39, 0.29) is 23.3 Å². The first-order valence-electron chi connectivity index (χ1n) is 6.08. The van der Waals surface area contributed by atoms with Gasteiger partial charge < -0.3 is 5.73 Å². The SMILES string of the molecule is Cc1ccc(C)c(S(=O)(=O)N(CC(=N)N)C(C)C)c1. The molecule has 0 bridgehead atoms. The number of nitrogens with zero attached hydrogens (tertiary/aromatic N) is 1. The van der Waals surface area contributed by atoms with Crippen LogP contribution in [0.4, 0.5) is 0 Å². The normalized spacial score (nSPS) is 12.1. The van der Waals surface area contributed by atoms with E-state index in [1.165, 1.54) is 4.31 Å². The van der Waals surface area contributed by atoms with E-state index in [1.807, 2.05) is 13.0 Å². The number of aryl methyl sites for hydroxylation is 2. The Kier molecular flexibility index (Phi) is 4.70.